The molecule has 8 rings (SSSR count). The lowest BCUT2D eigenvalue weighted by molar-refractivity contribution is -0.127. The number of Topliss-reactive ketones (excluding diaryl/α,β-unsaturated/α-hetero) is 1. The summed E-state index contributed by atoms with van der Waals surface area (Å²) in [7, 11) is 0. The maximum Gasteiger partial charge on any atom is 0.152 e. The average molecular weight is 465 g/mol. The molecule has 2 aromatic heterocycles. The molecule has 3 fully saturated rings. The molecular weight excluding hydrogens is 440 g/mol. The Morgan fingerprint density at radius 1 is 1.19 bits per heavy atom. The van der Waals surface area contributed by atoms with Gasteiger partial charge in [0.05, 0.1) is 12.6 Å². The first-order valence-corrected chi connectivity index (χ1v) is 12.8. The maximum absolute atomic E-state index is 13.4. The summed E-state index contributed by atoms with van der Waals surface area (Å²) in [6, 6.07) is 8.06. The number of hydrogen-bond acceptors (Lipinski definition) is 5. The summed E-state index contributed by atoms with van der Waals surface area (Å²) in [6.45, 7) is 2.64. The zero-order valence-corrected chi connectivity index (χ0v) is 19.5. The van der Waals surface area contributed by atoms with E-state index >= 15 is 0 Å². The van der Waals surface area contributed by atoms with Gasteiger partial charge in [-0.05, 0) is 68.1 Å². The molecule has 1 aromatic carbocycles. The van der Waals surface area contributed by atoms with Gasteiger partial charge in [0.1, 0.15) is 16.6 Å². The van der Waals surface area contributed by atoms with Crippen LogP contribution in [-0.2, 0) is 24.2 Å². The fourth-order valence-electron chi connectivity index (χ4n) is 6.67. The topological polar surface area (TPSA) is 59.8 Å². The van der Waals surface area contributed by atoms with Gasteiger partial charge in [-0.3, -0.25) is 14.7 Å². The molecule has 0 spiro atoms. The van der Waals surface area contributed by atoms with Crippen molar-refractivity contribution in [3.63, 3.8) is 0 Å². The zero-order chi connectivity index (χ0) is 21.6. The number of carbonyl (C=O) groups excluding carboxylic acids is 1. The number of thiophene rings is 1. The highest BCUT2D eigenvalue weighted by atomic mass is 35.5. The zero-order valence-electron chi connectivity index (χ0n) is 18.0. The van der Waals surface area contributed by atoms with Gasteiger partial charge in [-0.15, -0.1) is 21.5 Å². The third-order valence-electron chi connectivity index (χ3n) is 8.25. The standard InChI is InChI=1S/C25H25ClN4OS/c1-12-28-29-21-11-27-23(16-4-2-3-5-19(16)26)22-18-9-15(10-20(18)32-25(22)30(12)21)24(31)17-8-13-6-14(17)7-13/h2-5,13-15,17,23,27H,6-11H2,1H3/t13?,14?,15-,17?,23-/m0/s1. The van der Waals surface area contributed by atoms with E-state index in [1.807, 2.05) is 36.5 Å². The number of rotatable bonds is 3. The van der Waals surface area contributed by atoms with Gasteiger partial charge in [-0.2, -0.15) is 0 Å². The smallest absolute Gasteiger partial charge is 0.152 e. The Labute approximate surface area is 196 Å². The Morgan fingerprint density at radius 2 is 2.03 bits per heavy atom. The van der Waals surface area contributed by atoms with Crippen molar-refractivity contribution in [1.82, 2.24) is 20.1 Å². The Kier molecular flexibility index (Phi) is 4.25. The first-order chi connectivity index (χ1) is 15.6. The number of benzene rings is 1. The fourth-order valence-corrected chi connectivity index (χ4v) is 8.43. The van der Waals surface area contributed by atoms with E-state index < -0.39 is 0 Å². The molecule has 5 aliphatic rings. The molecule has 3 heterocycles. The normalized spacial score (nSPS) is 29.8. The molecule has 164 valence electrons. The van der Waals surface area contributed by atoms with Crippen LogP contribution in [0.4, 0.5) is 0 Å². The minimum Gasteiger partial charge on any atom is -0.299 e. The van der Waals surface area contributed by atoms with Crippen LogP contribution in [0.1, 0.15) is 58.5 Å². The molecule has 4 aliphatic carbocycles. The summed E-state index contributed by atoms with van der Waals surface area (Å²) >= 11 is 8.50. The van der Waals surface area contributed by atoms with Crippen molar-refractivity contribution in [2.24, 2.45) is 23.7 Å². The van der Waals surface area contributed by atoms with Crippen molar-refractivity contribution in [2.75, 3.05) is 0 Å². The van der Waals surface area contributed by atoms with Gasteiger partial charge < -0.3 is 0 Å². The third kappa shape index (κ3) is 2.69. The Morgan fingerprint density at radius 3 is 2.81 bits per heavy atom. The summed E-state index contributed by atoms with van der Waals surface area (Å²) in [5.41, 5.74) is 3.71. The van der Waals surface area contributed by atoms with Gasteiger partial charge in [0.15, 0.2) is 5.82 Å². The number of ketones is 1. The summed E-state index contributed by atoms with van der Waals surface area (Å²) in [4.78, 5) is 14.8. The van der Waals surface area contributed by atoms with Crippen molar-refractivity contribution in [1.29, 1.82) is 0 Å². The largest absolute Gasteiger partial charge is 0.299 e. The number of fused-ring (bicyclic) bond motifs is 6. The molecule has 5 nitrogen and oxygen atoms in total. The second-order valence-electron chi connectivity index (χ2n) is 10.0. The minimum absolute atomic E-state index is 0.0204. The number of carbonyl (C=O) groups is 1. The second kappa shape index (κ2) is 6.99. The molecular formula is C25H25ClN4OS. The van der Waals surface area contributed by atoms with Crippen molar-refractivity contribution in [3.05, 3.63) is 62.5 Å². The van der Waals surface area contributed by atoms with E-state index in [9.17, 15) is 4.79 Å². The highest BCUT2D eigenvalue weighted by molar-refractivity contribution is 7.15. The number of aromatic nitrogens is 3. The molecule has 3 atom stereocenters. The van der Waals surface area contributed by atoms with Crippen LogP contribution in [-0.4, -0.2) is 20.5 Å². The molecule has 32 heavy (non-hydrogen) atoms. The molecule has 1 N–H and O–H groups in total. The van der Waals surface area contributed by atoms with Gasteiger partial charge >= 0.3 is 0 Å². The minimum atomic E-state index is -0.0204. The number of nitrogens with zero attached hydrogens (tertiary/aromatic N) is 3. The van der Waals surface area contributed by atoms with Crippen molar-refractivity contribution in [2.45, 2.75) is 51.6 Å². The molecule has 0 amide bonds. The lowest BCUT2D eigenvalue weighted by atomic mass is 9.79. The third-order valence-corrected chi connectivity index (χ3v) is 9.85. The quantitative estimate of drug-likeness (QED) is 0.604. The number of nitrogens with one attached hydrogen (secondary N) is 1. The molecule has 3 aromatic rings. The summed E-state index contributed by atoms with van der Waals surface area (Å²) in [6.07, 6.45) is 5.44. The number of halogens is 1. The van der Waals surface area contributed by atoms with Crippen LogP contribution in [0.5, 0.6) is 0 Å². The molecule has 0 saturated heterocycles. The van der Waals surface area contributed by atoms with Gasteiger partial charge in [0.2, 0.25) is 0 Å². The van der Waals surface area contributed by atoms with E-state index in [1.165, 1.54) is 33.8 Å². The van der Waals surface area contributed by atoms with E-state index in [2.05, 4.69) is 26.1 Å². The van der Waals surface area contributed by atoms with Crippen LogP contribution in [0, 0.1) is 30.6 Å². The molecule has 7 heteroatoms. The summed E-state index contributed by atoms with van der Waals surface area (Å²) in [5.74, 6) is 4.32. The lowest BCUT2D eigenvalue weighted by Crippen LogP contribution is -2.27. The van der Waals surface area contributed by atoms with Crippen LogP contribution >= 0.6 is 22.9 Å². The van der Waals surface area contributed by atoms with Crippen LogP contribution in [0.2, 0.25) is 5.02 Å². The number of aryl methyl sites for hydroxylation is 1. The first kappa shape index (κ1) is 19.4. The molecule has 2 bridgehead atoms. The predicted octanol–water partition coefficient (Wildman–Crippen LogP) is 4.81. The monoisotopic (exact) mass is 464 g/mol. The lowest BCUT2D eigenvalue weighted by Gasteiger charge is -2.25. The first-order valence-electron chi connectivity index (χ1n) is 11.7. The number of hydrogen-bond donors (Lipinski definition) is 1. The Balaban J connectivity index is 1.32. The Bertz CT molecular complexity index is 1260. The van der Waals surface area contributed by atoms with Crippen LogP contribution in [0.3, 0.4) is 0 Å². The van der Waals surface area contributed by atoms with Gasteiger partial charge in [-0.25, -0.2) is 0 Å². The highest BCUT2D eigenvalue weighted by Crippen LogP contribution is 2.55. The van der Waals surface area contributed by atoms with Gasteiger partial charge in [0, 0.05) is 27.3 Å². The molecule has 1 unspecified atom stereocenters. The molecule has 3 saturated carbocycles. The maximum atomic E-state index is 13.4. The van der Waals surface area contributed by atoms with Crippen LogP contribution < -0.4 is 5.32 Å². The molecule has 1 aliphatic heterocycles. The molecule has 0 radical (unpaired) electrons. The highest BCUT2D eigenvalue weighted by Gasteiger charge is 2.50. The fraction of sp³-hybridized carbons (Fsp3) is 0.480. The van der Waals surface area contributed by atoms with Crippen LogP contribution in [0.15, 0.2) is 24.3 Å². The average Bonchev–Trinajstić information content (AvgIpc) is 3.54. The second-order valence-corrected chi connectivity index (χ2v) is 11.5. The van der Waals surface area contributed by atoms with E-state index in [4.69, 9.17) is 11.6 Å². The predicted molar refractivity (Wildman–Crippen MR) is 124 cm³/mol. The summed E-state index contributed by atoms with van der Waals surface area (Å²) in [5, 5.41) is 14.4. The van der Waals surface area contributed by atoms with E-state index in [1.54, 1.807) is 0 Å². The Hall–Kier alpha value is -2.02. The van der Waals surface area contributed by atoms with Crippen molar-refractivity contribution < 1.29 is 4.79 Å². The summed E-state index contributed by atoms with van der Waals surface area (Å²) < 4.78 is 2.20. The van der Waals surface area contributed by atoms with Gasteiger partial charge in [0.25, 0.3) is 0 Å². The van der Waals surface area contributed by atoms with Crippen molar-refractivity contribution >= 4 is 28.7 Å². The van der Waals surface area contributed by atoms with Gasteiger partial charge in [-0.1, -0.05) is 29.8 Å². The van der Waals surface area contributed by atoms with E-state index in [0.29, 0.717) is 24.2 Å². The van der Waals surface area contributed by atoms with Crippen LogP contribution in [0.25, 0.3) is 5.00 Å². The van der Waals surface area contributed by atoms with E-state index in [-0.39, 0.29) is 12.0 Å². The SMILES string of the molecule is Cc1nnc2n1-c1sc3c(c1[C@H](c1ccccc1Cl)NC2)C[C@H](C(=O)C1CC2CC1C2)C3. The van der Waals surface area contributed by atoms with E-state index in [0.717, 1.165) is 47.4 Å². The van der Waals surface area contributed by atoms with Crippen molar-refractivity contribution in [3.8, 4) is 5.00 Å².